The summed E-state index contributed by atoms with van der Waals surface area (Å²) >= 11 is 0. The van der Waals surface area contributed by atoms with Crippen molar-refractivity contribution in [1.82, 2.24) is 14.7 Å². The molecule has 0 spiro atoms. The number of urea groups is 1. The first-order valence-corrected chi connectivity index (χ1v) is 11.2. The number of carbonyl (C=O) groups excluding carboxylic acids is 2. The number of amidine groups is 2. The molecule has 2 aromatic rings. The van der Waals surface area contributed by atoms with Crippen molar-refractivity contribution in [2.45, 2.75) is 6.04 Å². The monoisotopic (exact) mass is 443 g/mol. The van der Waals surface area contributed by atoms with Crippen molar-refractivity contribution in [3.8, 4) is 0 Å². The van der Waals surface area contributed by atoms with Gasteiger partial charge >= 0.3 is 17.8 Å². The van der Waals surface area contributed by atoms with Crippen LogP contribution in [0.15, 0.2) is 70.6 Å². The Bertz CT molecular complexity index is 1120. The number of benzene rings is 2. The van der Waals surface area contributed by atoms with Gasteiger partial charge in [-0.2, -0.15) is 9.48 Å². The Balaban J connectivity index is 1.29. The first kappa shape index (κ1) is 21.4. The van der Waals surface area contributed by atoms with Crippen molar-refractivity contribution in [2.24, 2.45) is 9.98 Å². The molecule has 0 unspecified atom stereocenters. The predicted molar refractivity (Wildman–Crippen MR) is 127 cm³/mol. The smallest absolute Gasteiger partial charge is 0.292 e. The van der Waals surface area contributed by atoms with Gasteiger partial charge in [0.05, 0.1) is 26.7 Å². The van der Waals surface area contributed by atoms with Crippen LogP contribution in [-0.2, 0) is 4.79 Å². The van der Waals surface area contributed by atoms with E-state index >= 15 is 0 Å². The number of nitrogens with zero attached hydrogens (tertiary/aromatic N) is 6. The highest BCUT2D eigenvalue weighted by Gasteiger charge is 2.44. The second-order valence-electron chi connectivity index (χ2n) is 8.55. The van der Waals surface area contributed by atoms with E-state index in [2.05, 4.69) is 80.4 Å². The van der Waals surface area contributed by atoms with Crippen molar-refractivity contribution in [1.29, 1.82) is 0 Å². The zero-order valence-corrected chi connectivity index (χ0v) is 18.9. The van der Waals surface area contributed by atoms with E-state index in [0.717, 1.165) is 31.1 Å². The van der Waals surface area contributed by atoms with Crippen molar-refractivity contribution >= 4 is 29.3 Å². The Morgan fingerprint density at radius 3 is 2.03 bits per heavy atom. The van der Waals surface area contributed by atoms with Crippen LogP contribution in [0, 0.1) is 0 Å². The largest absolute Gasteiger partial charge is 0.446 e. The number of rotatable bonds is 5. The number of aliphatic imine (C=N–C) groups is 2. The number of amides is 3. The molecule has 0 radical (unpaired) electrons. The van der Waals surface area contributed by atoms with Gasteiger partial charge in [0.25, 0.3) is 0 Å². The molecule has 0 bridgehead atoms. The fourth-order valence-electron chi connectivity index (χ4n) is 4.65. The third-order valence-electron chi connectivity index (χ3n) is 6.45. The molecular weight excluding hydrogens is 416 g/mol. The number of imide groups is 1. The maximum Gasteiger partial charge on any atom is 0.446 e. The van der Waals surface area contributed by atoms with E-state index < -0.39 is 5.91 Å². The molecule has 0 aliphatic carbocycles. The van der Waals surface area contributed by atoms with Crippen molar-refractivity contribution in [3.63, 3.8) is 0 Å². The zero-order chi connectivity index (χ0) is 22.9. The summed E-state index contributed by atoms with van der Waals surface area (Å²) < 4.78 is 1.38. The number of carbonyl (C=O) groups is 2. The van der Waals surface area contributed by atoms with Gasteiger partial charge in [0.2, 0.25) is 11.5 Å². The molecule has 3 heterocycles. The average molecular weight is 444 g/mol. The second kappa shape index (κ2) is 8.80. The lowest BCUT2D eigenvalue weighted by atomic mass is 9.96. The van der Waals surface area contributed by atoms with Crippen molar-refractivity contribution in [2.75, 3.05) is 46.8 Å². The topological polar surface area (TPSA) is 71.6 Å². The molecule has 8 heteroatoms. The standard InChI is InChI=1S/C25H27N6O2/c1-28-23-21(24(32)29(2)25(28)33)26-20(27-23)17-30-13-15-31(16-14-30)22(18-9-5-3-6-10-18)19-11-7-4-8-12-19/h3-12,22H,13-17H2,1-2H3/q+1. The van der Waals surface area contributed by atoms with Gasteiger partial charge in [-0.15, -0.1) is 0 Å². The molecular formula is C25H27N6O2+. The third kappa shape index (κ3) is 4.03. The van der Waals surface area contributed by atoms with Gasteiger partial charge in [-0.1, -0.05) is 65.7 Å². The Hall–Kier alpha value is -3.49. The molecule has 3 amide bonds. The summed E-state index contributed by atoms with van der Waals surface area (Å²) in [7, 11) is 3.09. The van der Waals surface area contributed by atoms with E-state index in [9.17, 15) is 9.59 Å². The van der Waals surface area contributed by atoms with E-state index in [0.29, 0.717) is 18.2 Å². The zero-order valence-electron chi connectivity index (χ0n) is 18.9. The summed E-state index contributed by atoms with van der Waals surface area (Å²) in [6, 6.07) is 21.1. The maximum absolute atomic E-state index is 12.4. The highest BCUT2D eigenvalue weighted by Crippen LogP contribution is 2.29. The summed E-state index contributed by atoms with van der Waals surface area (Å²) in [4.78, 5) is 39.5. The molecule has 0 N–H and O–H groups in total. The van der Waals surface area contributed by atoms with Gasteiger partial charge in [0.1, 0.15) is 0 Å². The van der Waals surface area contributed by atoms with Crippen molar-refractivity contribution < 1.29 is 14.2 Å². The Kier molecular flexibility index (Phi) is 5.70. The molecule has 0 atom stereocenters. The van der Waals surface area contributed by atoms with Crippen molar-refractivity contribution in [3.05, 3.63) is 71.8 Å². The molecule has 0 aromatic heterocycles. The van der Waals surface area contributed by atoms with Gasteiger partial charge in [-0.25, -0.2) is 14.6 Å². The fraction of sp³-hybridized carbons (Fsp3) is 0.320. The van der Waals surface area contributed by atoms with Crippen LogP contribution in [0.25, 0.3) is 0 Å². The number of piperazine rings is 1. The Morgan fingerprint density at radius 1 is 0.879 bits per heavy atom. The number of hydrogen-bond acceptors (Lipinski definition) is 6. The molecule has 2 aromatic carbocycles. The molecule has 1 fully saturated rings. The van der Waals surface area contributed by atoms with Crippen LogP contribution in [0.1, 0.15) is 17.2 Å². The molecule has 0 saturated carbocycles. The van der Waals surface area contributed by atoms with Crippen LogP contribution >= 0.6 is 0 Å². The molecule has 5 rings (SSSR count). The Morgan fingerprint density at radius 2 is 1.45 bits per heavy atom. The van der Waals surface area contributed by atoms with Crippen LogP contribution in [0.2, 0.25) is 0 Å². The summed E-state index contributed by atoms with van der Waals surface area (Å²) in [6.07, 6.45) is 0. The maximum atomic E-state index is 12.4. The van der Waals surface area contributed by atoms with E-state index in [1.165, 1.54) is 22.8 Å². The molecule has 33 heavy (non-hydrogen) atoms. The molecule has 1 saturated heterocycles. The molecule has 3 aliphatic rings. The lowest BCUT2D eigenvalue weighted by Gasteiger charge is -2.39. The van der Waals surface area contributed by atoms with Crippen LogP contribution in [-0.4, -0.2) is 95.4 Å². The summed E-state index contributed by atoms with van der Waals surface area (Å²) in [6.45, 7) is 4.13. The minimum absolute atomic E-state index is 0.213. The van der Waals surface area contributed by atoms with Crippen LogP contribution in [0.3, 0.4) is 0 Å². The van der Waals surface area contributed by atoms with E-state index in [1.54, 1.807) is 7.05 Å². The average Bonchev–Trinajstić information content (AvgIpc) is 3.28. The third-order valence-corrected chi connectivity index (χ3v) is 6.45. The first-order valence-electron chi connectivity index (χ1n) is 11.2. The van der Waals surface area contributed by atoms with E-state index in [-0.39, 0.29) is 17.8 Å². The molecule has 8 nitrogen and oxygen atoms in total. The summed E-state index contributed by atoms with van der Waals surface area (Å²) in [5.74, 6) is 0.537. The SMILES string of the molecule is CN1C(=O)C2=NC(CN3CCN(C(c4ccccc4)c4ccccc4)CC3)=NC2=[N+](C)C1=O. The van der Waals surface area contributed by atoms with Gasteiger partial charge in [-0.05, 0) is 11.1 Å². The van der Waals surface area contributed by atoms with E-state index in [1.807, 2.05) is 0 Å². The lowest BCUT2D eigenvalue weighted by Crippen LogP contribution is -2.51. The molecule has 168 valence electrons. The summed E-state index contributed by atoms with van der Waals surface area (Å²) in [5, 5.41) is 0. The second-order valence-corrected chi connectivity index (χ2v) is 8.55. The van der Waals surface area contributed by atoms with E-state index in [4.69, 9.17) is 0 Å². The molecule has 3 aliphatic heterocycles. The first-order chi connectivity index (χ1) is 16.0. The quantitative estimate of drug-likeness (QED) is 0.662. The Labute approximate surface area is 193 Å². The number of hydrogen-bond donors (Lipinski definition) is 0. The van der Waals surface area contributed by atoms with Gasteiger partial charge in [0.15, 0.2) is 0 Å². The minimum Gasteiger partial charge on any atom is -0.292 e. The normalized spacial score (nSPS) is 19.8. The predicted octanol–water partition coefficient (Wildman–Crippen LogP) is 1.88. The lowest BCUT2D eigenvalue weighted by molar-refractivity contribution is -0.401. The fourth-order valence-corrected chi connectivity index (χ4v) is 4.65. The highest BCUT2D eigenvalue weighted by atomic mass is 16.2. The van der Waals surface area contributed by atoms with Crippen LogP contribution in [0.4, 0.5) is 4.79 Å². The van der Waals surface area contributed by atoms with Crippen LogP contribution in [0.5, 0.6) is 0 Å². The minimum atomic E-state index is -0.398. The van der Waals surface area contributed by atoms with Gasteiger partial charge < -0.3 is 0 Å². The summed E-state index contributed by atoms with van der Waals surface area (Å²) in [5.41, 5.74) is 2.83. The van der Waals surface area contributed by atoms with Crippen LogP contribution < -0.4 is 0 Å². The van der Waals surface area contributed by atoms with Gasteiger partial charge in [-0.3, -0.25) is 9.80 Å². The highest BCUT2D eigenvalue weighted by molar-refractivity contribution is 6.70. The van der Waals surface area contributed by atoms with Gasteiger partial charge in [0, 0.05) is 26.2 Å². The number of fused-ring (bicyclic) bond motifs is 1.